The van der Waals surface area contributed by atoms with E-state index in [9.17, 15) is 28.8 Å². The first-order valence-corrected chi connectivity index (χ1v) is 10.3. The summed E-state index contributed by atoms with van der Waals surface area (Å²) in [5.41, 5.74) is 0. The van der Waals surface area contributed by atoms with Gasteiger partial charge in [-0.1, -0.05) is 20.8 Å². The van der Waals surface area contributed by atoms with Crippen molar-refractivity contribution in [1.29, 1.82) is 0 Å². The van der Waals surface area contributed by atoms with Gasteiger partial charge in [0.15, 0.2) is 0 Å². The van der Waals surface area contributed by atoms with Gasteiger partial charge in [-0.25, -0.2) is 0 Å². The highest BCUT2D eigenvalue weighted by molar-refractivity contribution is 7.80. The highest BCUT2D eigenvalue weighted by atomic mass is 32.1. The summed E-state index contributed by atoms with van der Waals surface area (Å²) in [4.78, 5) is 63.7. The third-order valence-electron chi connectivity index (χ3n) is 3.10. The fourth-order valence-corrected chi connectivity index (χ4v) is 1.85. The number of rotatable bonds is 12. The van der Waals surface area contributed by atoms with Crippen LogP contribution in [0.3, 0.4) is 0 Å². The Morgan fingerprint density at radius 2 is 1.56 bits per heavy atom. The number of hydrogen-bond donors (Lipinski definition) is 6. The molecule has 0 saturated heterocycles. The monoisotopic (exact) mass is 484 g/mol. The van der Waals surface area contributed by atoms with Crippen LogP contribution < -0.4 is 10.6 Å². The molecule has 0 aliphatic heterocycles. The number of carboxylic acids is 2. The lowest BCUT2D eigenvalue weighted by molar-refractivity contribution is -0.145. The average molecular weight is 485 g/mol. The molecule has 0 heterocycles. The van der Waals surface area contributed by atoms with Crippen molar-refractivity contribution >= 4 is 48.6 Å². The SMILES string of the molecule is CC.CO.COC(=O)C(C)CC=O.O=C(O)CCCC(=O)NC(CS)C(=O)NCC(=O)O. The molecule has 13 heteroatoms. The van der Waals surface area contributed by atoms with Crippen LogP contribution in [-0.2, 0) is 33.5 Å². The molecule has 5 N–H and O–H groups in total. The van der Waals surface area contributed by atoms with Gasteiger partial charge < -0.3 is 35.5 Å². The summed E-state index contributed by atoms with van der Waals surface area (Å²) in [5.74, 6) is -3.95. The van der Waals surface area contributed by atoms with Crippen LogP contribution in [0.4, 0.5) is 0 Å². The number of carbonyl (C=O) groups excluding carboxylic acids is 4. The van der Waals surface area contributed by atoms with E-state index in [0.717, 1.165) is 7.11 Å². The van der Waals surface area contributed by atoms with Crippen molar-refractivity contribution in [2.24, 2.45) is 5.92 Å². The first-order chi connectivity index (χ1) is 15.1. The molecule has 0 saturated carbocycles. The summed E-state index contributed by atoms with van der Waals surface area (Å²) in [7, 11) is 2.31. The number of aliphatic carboxylic acids is 2. The molecule has 0 bridgehead atoms. The normalized spacial score (nSPS) is 10.6. The van der Waals surface area contributed by atoms with Crippen LogP contribution in [-0.4, -0.2) is 83.9 Å². The lowest BCUT2D eigenvalue weighted by Gasteiger charge is -2.15. The first-order valence-electron chi connectivity index (χ1n) is 9.66. The first kappa shape index (κ1) is 36.7. The molecule has 188 valence electrons. The second kappa shape index (κ2) is 26.4. The lowest BCUT2D eigenvalue weighted by atomic mass is 10.1. The number of nitrogens with one attached hydrogen (secondary N) is 2. The number of aliphatic hydroxyl groups is 1. The maximum Gasteiger partial charge on any atom is 0.322 e. The number of hydrogen-bond acceptors (Lipinski definition) is 9. The third-order valence-corrected chi connectivity index (χ3v) is 3.46. The number of amides is 2. The Kier molecular flexibility index (Phi) is 30.2. The highest BCUT2D eigenvalue weighted by Crippen LogP contribution is 2.00. The maximum absolute atomic E-state index is 11.5. The number of aliphatic hydroxyl groups excluding tert-OH is 1. The molecule has 12 nitrogen and oxygen atoms in total. The quantitative estimate of drug-likeness (QED) is 0.123. The van der Waals surface area contributed by atoms with Crippen molar-refractivity contribution in [3.05, 3.63) is 0 Å². The van der Waals surface area contributed by atoms with Crippen LogP contribution >= 0.6 is 12.6 Å². The second-order valence-electron chi connectivity index (χ2n) is 5.49. The Morgan fingerprint density at radius 3 is 1.94 bits per heavy atom. The molecule has 0 spiro atoms. The molecule has 2 atom stereocenters. The zero-order chi connectivity index (χ0) is 26.1. The molecule has 0 fully saturated rings. The molecule has 0 aromatic heterocycles. The van der Waals surface area contributed by atoms with E-state index in [4.69, 9.17) is 15.3 Å². The van der Waals surface area contributed by atoms with Gasteiger partial charge in [-0.3, -0.25) is 24.0 Å². The van der Waals surface area contributed by atoms with Gasteiger partial charge in [-0.15, -0.1) is 0 Å². The molecule has 0 aromatic carbocycles. The number of carboxylic acid groups (broad SMARTS) is 2. The molecule has 2 unspecified atom stereocenters. The van der Waals surface area contributed by atoms with Gasteiger partial charge in [0, 0.05) is 32.1 Å². The van der Waals surface area contributed by atoms with Gasteiger partial charge in [0.05, 0.1) is 13.0 Å². The molecule has 32 heavy (non-hydrogen) atoms. The zero-order valence-corrected chi connectivity index (χ0v) is 20.0. The smallest absolute Gasteiger partial charge is 0.322 e. The van der Waals surface area contributed by atoms with Crippen LogP contribution in [0, 0.1) is 5.92 Å². The minimum atomic E-state index is -1.20. The summed E-state index contributed by atoms with van der Waals surface area (Å²) < 4.78 is 4.37. The largest absolute Gasteiger partial charge is 0.481 e. The van der Waals surface area contributed by atoms with Gasteiger partial charge in [0.1, 0.15) is 18.9 Å². The summed E-state index contributed by atoms with van der Waals surface area (Å²) in [6.07, 6.45) is 0.957. The molecule has 0 aliphatic carbocycles. The van der Waals surface area contributed by atoms with Crippen molar-refractivity contribution in [2.45, 2.75) is 52.5 Å². The number of thiol groups is 1. The van der Waals surface area contributed by atoms with E-state index in [-0.39, 0.29) is 43.3 Å². The summed E-state index contributed by atoms with van der Waals surface area (Å²) in [6.45, 7) is 5.11. The minimum Gasteiger partial charge on any atom is -0.481 e. The van der Waals surface area contributed by atoms with Gasteiger partial charge in [0.2, 0.25) is 11.8 Å². The molecule has 0 aliphatic rings. The van der Waals surface area contributed by atoms with E-state index >= 15 is 0 Å². The predicted octanol–water partition coefficient (Wildman–Crippen LogP) is -0.124. The minimum absolute atomic E-state index is 0.0100. The average Bonchev–Trinajstić information content (AvgIpc) is 2.78. The van der Waals surface area contributed by atoms with Crippen LogP contribution in [0.15, 0.2) is 0 Å². The summed E-state index contributed by atoms with van der Waals surface area (Å²) >= 11 is 3.88. The molecule has 0 radical (unpaired) electrons. The Morgan fingerprint density at radius 1 is 1.03 bits per heavy atom. The molecule has 0 aromatic rings. The van der Waals surface area contributed by atoms with E-state index in [1.807, 2.05) is 13.8 Å². The van der Waals surface area contributed by atoms with E-state index < -0.39 is 36.3 Å². The molecular formula is C19H36N2O10S. The van der Waals surface area contributed by atoms with E-state index in [0.29, 0.717) is 6.29 Å². The second-order valence-corrected chi connectivity index (χ2v) is 5.85. The highest BCUT2D eigenvalue weighted by Gasteiger charge is 2.19. The van der Waals surface area contributed by atoms with Crippen LogP contribution in [0.1, 0.15) is 46.5 Å². The number of ether oxygens (including phenoxy) is 1. The summed E-state index contributed by atoms with van der Waals surface area (Å²) in [6, 6.07) is -0.944. The standard InChI is InChI=1S/C10H16N2O6S.C6H10O3.C2H6.CH4O/c13-7(2-1-3-8(14)15)12-6(5-19)10(18)11-4-9(16)17;1-5(3-4-7)6(8)9-2;2*1-2/h6,19H,1-5H2,(H,11,18)(H,12,13)(H,14,15)(H,16,17);4-5H,3H2,1-2H3;1-2H3;2H,1H3. The van der Waals surface area contributed by atoms with Crippen LogP contribution in [0.5, 0.6) is 0 Å². The molecule has 0 rings (SSSR count). The number of aldehydes is 1. The van der Waals surface area contributed by atoms with Crippen molar-refractivity contribution in [3.63, 3.8) is 0 Å². The van der Waals surface area contributed by atoms with Gasteiger partial charge in [-0.05, 0) is 6.42 Å². The Hall–Kier alpha value is -2.67. The van der Waals surface area contributed by atoms with Gasteiger partial charge in [0.25, 0.3) is 0 Å². The fraction of sp³-hybridized carbons (Fsp3) is 0.684. The topological polar surface area (TPSA) is 196 Å². The predicted molar refractivity (Wildman–Crippen MR) is 119 cm³/mol. The van der Waals surface area contributed by atoms with E-state index in [1.54, 1.807) is 6.92 Å². The Balaban J connectivity index is -0.000000252. The fourth-order valence-electron chi connectivity index (χ4n) is 1.59. The van der Waals surface area contributed by atoms with Crippen LogP contribution in [0.2, 0.25) is 0 Å². The van der Waals surface area contributed by atoms with Crippen molar-refractivity contribution in [3.8, 4) is 0 Å². The van der Waals surface area contributed by atoms with Crippen molar-refractivity contribution in [1.82, 2.24) is 10.6 Å². The van der Waals surface area contributed by atoms with Crippen molar-refractivity contribution in [2.75, 3.05) is 26.5 Å². The van der Waals surface area contributed by atoms with E-state index in [1.165, 1.54) is 7.11 Å². The number of esters is 1. The Labute approximate surface area is 193 Å². The number of methoxy groups -OCH3 is 1. The third kappa shape index (κ3) is 25.4. The van der Waals surface area contributed by atoms with Crippen molar-refractivity contribution < 1.29 is 48.8 Å². The number of carbonyl (C=O) groups is 6. The lowest BCUT2D eigenvalue weighted by Crippen LogP contribution is -2.48. The van der Waals surface area contributed by atoms with Crippen LogP contribution in [0.25, 0.3) is 0 Å². The molecular weight excluding hydrogens is 448 g/mol. The maximum atomic E-state index is 11.5. The van der Waals surface area contributed by atoms with Gasteiger partial charge >= 0.3 is 17.9 Å². The molecule has 2 amide bonds. The van der Waals surface area contributed by atoms with Gasteiger partial charge in [-0.2, -0.15) is 12.6 Å². The van der Waals surface area contributed by atoms with E-state index in [2.05, 4.69) is 28.0 Å². The Bertz CT molecular complexity index is 558. The zero-order valence-electron chi connectivity index (χ0n) is 19.1. The summed E-state index contributed by atoms with van der Waals surface area (Å²) in [5, 5.41) is 28.3.